The van der Waals surface area contributed by atoms with Crippen LogP contribution in [0, 0.1) is 5.41 Å². The van der Waals surface area contributed by atoms with Gasteiger partial charge in [-0.3, -0.25) is 9.59 Å². The van der Waals surface area contributed by atoms with Gasteiger partial charge < -0.3 is 41.6 Å². The van der Waals surface area contributed by atoms with Crippen LogP contribution in [0.15, 0.2) is 0 Å². The number of rotatable bonds is 4. The standard InChI is InChI=1S/C14H22N4O7/c1-12(2,3)10(22)13(23)8(20)5(4-19)25-14(13,24)7-6(9(15)21)17-11(16)18-7/h5,8,19-20,23-24H,4H2,1-3H3,(H2,15,21)(H3,16,17,18)/t5-,8-,13-,14+/m1/s1. The molecule has 0 radical (unpaired) electrons. The van der Waals surface area contributed by atoms with E-state index in [1.807, 2.05) is 0 Å². The second kappa shape index (κ2) is 5.75. The van der Waals surface area contributed by atoms with E-state index in [9.17, 15) is 30.0 Å². The molecule has 0 aliphatic carbocycles. The summed E-state index contributed by atoms with van der Waals surface area (Å²) >= 11 is 0. The number of aromatic nitrogens is 2. The molecule has 0 saturated carbocycles. The van der Waals surface area contributed by atoms with Gasteiger partial charge in [-0.2, -0.15) is 0 Å². The number of ether oxygens (including phenoxy) is 1. The van der Waals surface area contributed by atoms with Crippen molar-refractivity contribution in [2.24, 2.45) is 11.1 Å². The van der Waals surface area contributed by atoms with E-state index in [2.05, 4.69) is 9.97 Å². The fraction of sp³-hybridized carbons (Fsp3) is 0.643. The van der Waals surface area contributed by atoms with Crippen LogP contribution in [0.25, 0.3) is 0 Å². The van der Waals surface area contributed by atoms with E-state index in [0.717, 1.165) is 0 Å². The molecule has 1 aromatic rings. The van der Waals surface area contributed by atoms with Gasteiger partial charge in [0.2, 0.25) is 5.60 Å². The zero-order valence-corrected chi connectivity index (χ0v) is 14.0. The van der Waals surface area contributed by atoms with E-state index in [0.29, 0.717) is 0 Å². The van der Waals surface area contributed by atoms with Gasteiger partial charge in [0.15, 0.2) is 17.4 Å². The number of nitrogen functional groups attached to an aromatic ring is 1. The van der Waals surface area contributed by atoms with E-state index in [4.69, 9.17) is 16.2 Å². The number of primary amides is 1. The average molecular weight is 358 g/mol. The molecule has 4 atom stereocenters. The highest BCUT2D eigenvalue weighted by molar-refractivity contribution is 5.96. The molecule has 9 N–H and O–H groups in total. The molecule has 1 saturated heterocycles. The number of ketones is 1. The molecule has 1 aromatic heterocycles. The second-order valence-electron chi connectivity index (χ2n) is 6.98. The van der Waals surface area contributed by atoms with Crippen molar-refractivity contribution < 1.29 is 34.8 Å². The van der Waals surface area contributed by atoms with Crippen LogP contribution in [0.3, 0.4) is 0 Å². The number of aliphatic hydroxyl groups excluding tert-OH is 2. The topological polar surface area (TPSA) is 205 Å². The molecule has 140 valence electrons. The lowest BCUT2D eigenvalue weighted by Gasteiger charge is -2.39. The van der Waals surface area contributed by atoms with Gasteiger partial charge in [-0.25, -0.2) is 4.98 Å². The number of imidazole rings is 1. The van der Waals surface area contributed by atoms with Gasteiger partial charge in [0.1, 0.15) is 17.9 Å². The molecule has 2 rings (SSSR count). The minimum Gasteiger partial charge on any atom is -0.394 e. The Balaban J connectivity index is 2.75. The van der Waals surface area contributed by atoms with Gasteiger partial charge in [-0.05, 0) is 0 Å². The van der Waals surface area contributed by atoms with E-state index >= 15 is 0 Å². The summed E-state index contributed by atoms with van der Waals surface area (Å²) < 4.78 is 5.18. The van der Waals surface area contributed by atoms with Crippen molar-refractivity contribution in [3.8, 4) is 0 Å². The van der Waals surface area contributed by atoms with Crippen molar-refractivity contribution in [3.63, 3.8) is 0 Å². The van der Waals surface area contributed by atoms with Gasteiger partial charge in [0.05, 0.1) is 6.61 Å². The lowest BCUT2D eigenvalue weighted by Crippen LogP contribution is -2.63. The van der Waals surface area contributed by atoms with Gasteiger partial charge in [0, 0.05) is 5.41 Å². The number of carbonyl (C=O) groups excluding carboxylic acids is 2. The van der Waals surface area contributed by atoms with Crippen molar-refractivity contribution in [2.45, 2.75) is 44.4 Å². The number of hydrogen-bond acceptors (Lipinski definition) is 9. The summed E-state index contributed by atoms with van der Waals surface area (Å²) in [5.41, 5.74) is 5.34. The first-order valence-corrected chi connectivity index (χ1v) is 7.42. The van der Waals surface area contributed by atoms with Crippen molar-refractivity contribution in [1.82, 2.24) is 9.97 Å². The largest absolute Gasteiger partial charge is 0.394 e. The molecule has 0 unspecified atom stereocenters. The molecule has 1 fully saturated rings. The Hall–Kier alpha value is -2.05. The van der Waals surface area contributed by atoms with Crippen LogP contribution in [-0.4, -0.2) is 66.5 Å². The molecule has 0 spiro atoms. The molecule has 1 aliphatic rings. The van der Waals surface area contributed by atoms with Crippen LogP contribution in [-0.2, 0) is 15.3 Å². The SMILES string of the molecule is CC(C)(C)C(=O)[C@]1(O)[C@H](O)[C@@H](CO)O[C@@]1(O)c1[nH]c(N)nc1C(N)=O. The van der Waals surface area contributed by atoms with E-state index < -0.39 is 58.7 Å². The number of nitrogens with two attached hydrogens (primary N) is 2. The first kappa shape index (κ1) is 19.3. The molecule has 25 heavy (non-hydrogen) atoms. The minimum atomic E-state index is -2.95. The van der Waals surface area contributed by atoms with Crippen LogP contribution >= 0.6 is 0 Å². The molecule has 1 aliphatic heterocycles. The van der Waals surface area contributed by atoms with Gasteiger partial charge in [-0.15, -0.1) is 0 Å². The number of Topliss-reactive ketones (excluding diaryl/α,β-unsaturated/α-hetero) is 1. The van der Waals surface area contributed by atoms with Crippen molar-refractivity contribution in [2.75, 3.05) is 12.3 Å². The van der Waals surface area contributed by atoms with Crippen LogP contribution in [0.5, 0.6) is 0 Å². The molecule has 2 heterocycles. The third kappa shape index (κ3) is 2.60. The smallest absolute Gasteiger partial charge is 0.269 e. The maximum atomic E-state index is 12.8. The lowest BCUT2D eigenvalue weighted by atomic mass is 9.72. The summed E-state index contributed by atoms with van der Waals surface area (Å²) in [6.07, 6.45) is -3.52. The number of aromatic amines is 1. The first-order valence-electron chi connectivity index (χ1n) is 7.42. The Bertz CT molecular complexity index is 713. The quantitative estimate of drug-likeness (QED) is 0.299. The number of H-pyrrole nitrogens is 1. The predicted molar refractivity (Wildman–Crippen MR) is 82.8 cm³/mol. The lowest BCUT2D eigenvalue weighted by molar-refractivity contribution is -0.274. The normalized spacial score (nSPS) is 32.8. The number of nitrogens with zero attached hydrogens (tertiary/aromatic N) is 1. The van der Waals surface area contributed by atoms with Gasteiger partial charge in [-0.1, -0.05) is 20.8 Å². The Morgan fingerprint density at radius 1 is 1.36 bits per heavy atom. The molecule has 0 bridgehead atoms. The maximum Gasteiger partial charge on any atom is 0.269 e. The Morgan fingerprint density at radius 2 is 1.92 bits per heavy atom. The summed E-state index contributed by atoms with van der Waals surface area (Å²) in [4.78, 5) is 30.3. The second-order valence-corrected chi connectivity index (χ2v) is 6.98. The number of aliphatic hydroxyl groups is 4. The third-order valence-electron chi connectivity index (χ3n) is 4.12. The predicted octanol–water partition coefficient (Wildman–Crippen LogP) is -2.67. The number of amides is 1. The maximum absolute atomic E-state index is 12.8. The summed E-state index contributed by atoms with van der Waals surface area (Å²) in [5, 5.41) is 41.8. The van der Waals surface area contributed by atoms with Crippen molar-refractivity contribution in [3.05, 3.63) is 11.4 Å². The fourth-order valence-electron chi connectivity index (χ4n) is 2.90. The van der Waals surface area contributed by atoms with E-state index in [1.165, 1.54) is 20.8 Å². The highest BCUT2D eigenvalue weighted by Crippen LogP contribution is 2.48. The summed E-state index contributed by atoms with van der Waals surface area (Å²) in [6.45, 7) is 3.52. The zero-order valence-electron chi connectivity index (χ0n) is 14.0. The van der Waals surface area contributed by atoms with Crippen LogP contribution in [0.4, 0.5) is 5.95 Å². The first-order chi connectivity index (χ1) is 11.3. The number of hydrogen-bond donors (Lipinski definition) is 7. The number of anilines is 1. The Morgan fingerprint density at radius 3 is 2.36 bits per heavy atom. The molecule has 11 nitrogen and oxygen atoms in total. The minimum absolute atomic E-state index is 0.340. The van der Waals surface area contributed by atoms with Gasteiger partial charge >= 0.3 is 0 Å². The summed E-state index contributed by atoms with van der Waals surface area (Å²) in [5.74, 6) is -5.39. The Labute approximate surface area is 142 Å². The zero-order chi connectivity index (χ0) is 19.4. The molecule has 0 aromatic carbocycles. The monoisotopic (exact) mass is 358 g/mol. The molecular formula is C14H22N4O7. The highest BCUT2D eigenvalue weighted by atomic mass is 16.7. The summed E-state index contributed by atoms with van der Waals surface area (Å²) in [7, 11) is 0. The van der Waals surface area contributed by atoms with Crippen molar-refractivity contribution in [1.29, 1.82) is 0 Å². The van der Waals surface area contributed by atoms with E-state index in [-0.39, 0.29) is 5.95 Å². The molecule has 1 amide bonds. The van der Waals surface area contributed by atoms with Crippen LogP contribution in [0.2, 0.25) is 0 Å². The molecular weight excluding hydrogens is 336 g/mol. The summed E-state index contributed by atoms with van der Waals surface area (Å²) in [6, 6.07) is 0. The Kier molecular flexibility index (Phi) is 4.43. The van der Waals surface area contributed by atoms with Crippen LogP contribution < -0.4 is 11.5 Å². The third-order valence-corrected chi connectivity index (χ3v) is 4.12. The van der Waals surface area contributed by atoms with Gasteiger partial charge in [0.25, 0.3) is 11.7 Å². The van der Waals surface area contributed by atoms with Crippen LogP contribution in [0.1, 0.15) is 37.0 Å². The molecule has 11 heteroatoms. The highest BCUT2D eigenvalue weighted by Gasteiger charge is 2.72. The number of carbonyl (C=O) groups is 2. The van der Waals surface area contributed by atoms with E-state index in [1.54, 1.807) is 0 Å². The average Bonchev–Trinajstić information content (AvgIpc) is 2.99. The fourth-order valence-corrected chi connectivity index (χ4v) is 2.90. The number of nitrogens with one attached hydrogen (secondary N) is 1. The van der Waals surface area contributed by atoms with Crippen molar-refractivity contribution >= 4 is 17.6 Å².